The van der Waals surface area contributed by atoms with Crippen molar-refractivity contribution in [2.45, 2.75) is 6.04 Å². The summed E-state index contributed by atoms with van der Waals surface area (Å²) >= 11 is 8.81. The number of thiocarbonyl (C=S) groups is 1. The summed E-state index contributed by atoms with van der Waals surface area (Å²) in [5, 5.41) is 7.06. The van der Waals surface area contributed by atoms with E-state index in [-0.39, 0.29) is 6.04 Å². The van der Waals surface area contributed by atoms with E-state index in [2.05, 4.69) is 42.5 Å². The second-order valence-corrected chi connectivity index (χ2v) is 6.44. The number of aromatic nitrogens is 1. The van der Waals surface area contributed by atoms with Crippen LogP contribution in [-0.4, -0.2) is 35.6 Å². The lowest BCUT2D eigenvalue weighted by Crippen LogP contribution is -2.36. The van der Waals surface area contributed by atoms with Crippen molar-refractivity contribution in [1.82, 2.24) is 15.2 Å². The van der Waals surface area contributed by atoms with Gasteiger partial charge in [-0.2, -0.15) is 0 Å². The van der Waals surface area contributed by atoms with E-state index in [0.717, 1.165) is 15.7 Å². The predicted octanol–water partition coefficient (Wildman–Crippen LogP) is 3.43. The first kappa shape index (κ1) is 16.9. The maximum Gasteiger partial charge on any atom is 0.170 e. The van der Waals surface area contributed by atoms with Crippen molar-refractivity contribution in [3.63, 3.8) is 0 Å². The molecule has 0 aliphatic carbocycles. The van der Waals surface area contributed by atoms with Crippen LogP contribution in [0.4, 0.5) is 5.69 Å². The van der Waals surface area contributed by atoms with E-state index in [1.54, 1.807) is 6.20 Å². The zero-order valence-corrected chi connectivity index (χ0v) is 15.0. The minimum absolute atomic E-state index is 0.205. The van der Waals surface area contributed by atoms with E-state index in [1.165, 1.54) is 0 Å². The van der Waals surface area contributed by atoms with Crippen molar-refractivity contribution >= 4 is 38.9 Å². The number of pyridine rings is 1. The third-order valence-electron chi connectivity index (χ3n) is 3.23. The molecule has 22 heavy (non-hydrogen) atoms. The quantitative estimate of drug-likeness (QED) is 0.779. The molecule has 0 aliphatic rings. The zero-order chi connectivity index (χ0) is 15.9. The number of benzene rings is 1. The molecule has 116 valence electrons. The number of nitrogens with zero attached hydrogens (tertiary/aromatic N) is 2. The maximum absolute atomic E-state index is 5.36. The average molecular weight is 379 g/mol. The van der Waals surface area contributed by atoms with Gasteiger partial charge < -0.3 is 15.5 Å². The van der Waals surface area contributed by atoms with Crippen LogP contribution in [0.25, 0.3) is 0 Å². The van der Waals surface area contributed by atoms with Crippen LogP contribution in [-0.2, 0) is 0 Å². The number of nitrogens with one attached hydrogen (secondary N) is 2. The third kappa shape index (κ3) is 5.05. The van der Waals surface area contributed by atoms with E-state index in [4.69, 9.17) is 12.2 Å². The predicted molar refractivity (Wildman–Crippen MR) is 99.0 cm³/mol. The molecule has 1 heterocycles. The highest BCUT2D eigenvalue weighted by Crippen LogP contribution is 2.17. The number of rotatable bonds is 5. The van der Waals surface area contributed by atoms with Gasteiger partial charge in [0.15, 0.2) is 5.11 Å². The molecule has 6 heteroatoms. The Balaban J connectivity index is 1.94. The highest BCUT2D eigenvalue weighted by molar-refractivity contribution is 9.10. The largest absolute Gasteiger partial charge is 0.361 e. The molecule has 0 spiro atoms. The maximum atomic E-state index is 5.36. The van der Waals surface area contributed by atoms with Gasteiger partial charge in [0.05, 0.1) is 6.04 Å². The van der Waals surface area contributed by atoms with E-state index < -0.39 is 0 Å². The molecule has 0 amide bonds. The summed E-state index contributed by atoms with van der Waals surface area (Å²) in [4.78, 5) is 6.33. The van der Waals surface area contributed by atoms with Crippen LogP contribution < -0.4 is 10.6 Å². The van der Waals surface area contributed by atoms with E-state index in [9.17, 15) is 0 Å². The van der Waals surface area contributed by atoms with Gasteiger partial charge in [0, 0.05) is 29.1 Å². The summed E-state index contributed by atoms with van der Waals surface area (Å²) in [7, 11) is 4.09. The Bertz CT molecular complexity index is 619. The highest BCUT2D eigenvalue weighted by atomic mass is 79.9. The molecule has 0 aliphatic heterocycles. The standard InChI is InChI=1S/C16H19BrN4S/c1-21(2)15(12-5-4-8-18-10-12)11-19-16(22)20-14-7-3-6-13(17)9-14/h3-10,15H,11H2,1-2H3,(H2,19,20,22)/t15-/m1/s1. The van der Waals surface area contributed by atoms with Crippen LogP contribution >= 0.6 is 28.1 Å². The number of anilines is 1. The van der Waals surface area contributed by atoms with Crippen LogP contribution in [0.3, 0.4) is 0 Å². The van der Waals surface area contributed by atoms with Crippen molar-refractivity contribution in [2.24, 2.45) is 0 Å². The second-order valence-electron chi connectivity index (χ2n) is 5.11. The molecule has 2 N–H and O–H groups in total. The van der Waals surface area contributed by atoms with Crippen LogP contribution in [0.15, 0.2) is 53.3 Å². The lowest BCUT2D eigenvalue weighted by atomic mass is 10.1. The molecule has 1 aromatic heterocycles. The molecule has 0 saturated carbocycles. The molecule has 0 radical (unpaired) electrons. The summed E-state index contributed by atoms with van der Waals surface area (Å²) < 4.78 is 1.02. The minimum atomic E-state index is 0.205. The smallest absolute Gasteiger partial charge is 0.170 e. The van der Waals surface area contributed by atoms with Gasteiger partial charge in [0.2, 0.25) is 0 Å². The first-order chi connectivity index (χ1) is 10.6. The molecular formula is C16H19BrN4S. The summed E-state index contributed by atoms with van der Waals surface area (Å²) in [5.41, 5.74) is 2.11. The summed E-state index contributed by atoms with van der Waals surface area (Å²) in [5.74, 6) is 0. The Kier molecular flexibility index (Phi) is 6.30. The Morgan fingerprint density at radius 1 is 1.32 bits per heavy atom. The average Bonchev–Trinajstić information content (AvgIpc) is 2.48. The van der Waals surface area contributed by atoms with Gasteiger partial charge in [0.25, 0.3) is 0 Å². The Hall–Kier alpha value is -1.50. The van der Waals surface area contributed by atoms with Crippen molar-refractivity contribution in [2.75, 3.05) is 26.0 Å². The van der Waals surface area contributed by atoms with Crippen molar-refractivity contribution in [1.29, 1.82) is 0 Å². The second kappa shape index (κ2) is 8.22. The van der Waals surface area contributed by atoms with Crippen LogP contribution in [0.5, 0.6) is 0 Å². The highest BCUT2D eigenvalue weighted by Gasteiger charge is 2.14. The molecule has 2 rings (SSSR count). The number of hydrogen-bond acceptors (Lipinski definition) is 3. The van der Waals surface area contributed by atoms with Gasteiger partial charge in [-0.1, -0.05) is 28.1 Å². The fraction of sp³-hybridized carbons (Fsp3) is 0.250. The molecule has 1 atom stereocenters. The number of halogens is 1. The molecule has 0 saturated heterocycles. The summed E-state index contributed by atoms with van der Waals surface area (Å²) in [6, 6.07) is 12.1. The summed E-state index contributed by atoms with van der Waals surface area (Å²) in [6.07, 6.45) is 3.67. The monoisotopic (exact) mass is 378 g/mol. The molecule has 1 aromatic carbocycles. The molecule has 4 nitrogen and oxygen atoms in total. The van der Waals surface area contributed by atoms with E-state index >= 15 is 0 Å². The van der Waals surface area contributed by atoms with E-state index in [0.29, 0.717) is 11.7 Å². The third-order valence-corrected chi connectivity index (χ3v) is 3.97. The molecule has 0 bridgehead atoms. The number of hydrogen-bond donors (Lipinski definition) is 2. The fourth-order valence-corrected chi connectivity index (χ4v) is 2.70. The Labute approximate surface area is 145 Å². The fourth-order valence-electron chi connectivity index (χ4n) is 2.10. The first-order valence-corrected chi connectivity index (χ1v) is 8.13. The van der Waals surface area contributed by atoms with Crippen molar-refractivity contribution < 1.29 is 0 Å². The van der Waals surface area contributed by atoms with Gasteiger partial charge in [-0.25, -0.2) is 0 Å². The minimum Gasteiger partial charge on any atom is -0.361 e. The van der Waals surface area contributed by atoms with Crippen molar-refractivity contribution in [3.05, 3.63) is 58.8 Å². The van der Waals surface area contributed by atoms with E-state index in [1.807, 2.05) is 50.6 Å². The van der Waals surface area contributed by atoms with Crippen LogP contribution in [0.1, 0.15) is 11.6 Å². The normalized spacial score (nSPS) is 12.0. The van der Waals surface area contributed by atoms with Crippen molar-refractivity contribution in [3.8, 4) is 0 Å². The lowest BCUT2D eigenvalue weighted by Gasteiger charge is -2.25. The van der Waals surface area contributed by atoms with Gasteiger partial charge in [-0.15, -0.1) is 0 Å². The molecule has 0 unspecified atom stereocenters. The van der Waals surface area contributed by atoms with Gasteiger partial charge in [-0.05, 0) is 56.1 Å². The Morgan fingerprint density at radius 3 is 2.77 bits per heavy atom. The first-order valence-electron chi connectivity index (χ1n) is 6.93. The zero-order valence-electron chi connectivity index (χ0n) is 12.6. The van der Waals surface area contributed by atoms with Gasteiger partial charge >= 0.3 is 0 Å². The molecule has 0 fully saturated rings. The topological polar surface area (TPSA) is 40.2 Å². The van der Waals surface area contributed by atoms with Crippen LogP contribution in [0.2, 0.25) is 0 Å². The lowest BCUT2D eigenvalue weighted by molar-refractivity contribution is 0.298. The molecule has 2 aromatic rings. The van der Waals surface area contributed by atoms with Crippen LogP contribution in [0, 0.1) is 0 Å². The SMILES string of the molecule is CN(C)[C@H](CNC(=S)Nc1cccc(Br)c1)c1cccnc1. The van der Waals surface area contributed by atoms with Gasteiger partial charge in [0.1, 0.15) is 0 Å². The number of likely N-dealkylation sites (N-methyl/N-ethyl adjacent to an activating group) is 1. The summed E-state index contributed by atoms with van der Waals surface area (Å²) in [6.45, 7) is 0.707. The molecular weight excluding hydrogens is 360 g/mol. The Morgan fingerprint density at radius 2 is 2.14 bits per heavy atom. The van der Waals surface area contributed by atoms with Gasteiger partial charge in [-0.3, -0.25) is 4.98 Å².